The molecule has 5 heteroatoms. The fourth-order valence-electron chi connectivity index (χ4n) is 12.5. The van der Waals surface area contributed by atoms with Crippen molar-refractivity contribution in [3.8, 4) is 55.6 Å². The smallest absolute Gasteiger partial charge is 0.0532 e. The number of hydrogen-bond acceptors (Lipinski definition) is 5. The van der Waals surface area contributed by atoms with Gasteiger partial charge in [0.2, 0.25) is 0 Å². The predicted octanol–water partition coefficient (Wildman–Crippen LogP) is 17.9. The summed E-state index contributed by atoms with van der Waals surface area (Å²) in [7, 11) is 0. The van der Waals surface area contributed by atoms with Crippen LogP contribution in [0.1, 0.15) is 140 Å². The number of hydrogen-bond donors (Lipinski definition) is 0. The van der Waals surface area contributed by atoms with Gasteiger partial charge in [0.25, 0.3) is 0 Å². The fourth-order valence-corrected chi connectivity index (χ4v) is 12.5. The van der Waals surface area contributed by atoms with Crippen LogP contribution in [0, 0.1) is 104 Å². The van der Waals surface area contributed by atoms with Crippen LogP contribution < -0.4 is 0 Å². The third-order valence-electron chi connectivity index (χ3n) is 17.7. The molecule has 15 rings (SSSR count). The lowest BCUT2D eigenvalue weighted by Crippen LogP contribution is -1.97. The van der Waals surface area contributed by atoms with Crippen LogP contribution in [-0.4, -0.2) is 24.9 Å². The van der Waals surface area contributed by atoms with E-state index in [1.165, 1.54) is 173 Å². The topological polar surface area (TPSA) is 64.5 Å². The monoisotopic (exact) mass is 1050 g/mol. The van der Waals surface area contributed by atoms with E-state index in [4.69, 9.17) is 24.9 Å². The number of benzene rings is 5. The summed E-state index contributed by atoms with van der Waals surface area (Å²) in [4.78, 5) is 23.5. The van der Waals surface area contributed by atoms with Crippen LogP contribution in [0.15, 0.2) is 121 Å². The first-order chi connectivity index (χ1) is 38.3. The van der Waals surface area contributed by atoms with Crippen molar-refractivity contribution in [1.82, 2.24) is 24.9 Å². The second-order valence-electron chi connectivity index (χ2n) is 23.4. The Morgan fingerprint density at radius 3 is 1.36 bits per heavy atom. The molecule has 5 aromatic heterocycles. The van der Waals surface area contributed by atoms with Crippen LogP contribution in [0.4, 0.5) is 0 Å². The highest BCUT2D eigenvalue weighted by Crippen LogP contribution is 2.42. The summed E-state index contributed by atoms with van der Waals surface area (Å²) in [6.45, 7) is 32.0. The van der Waals surface area contributed by atoms with Crippen LogP contribution in [0.2, 0.25) is 0 Å². The van der Waals surface area contributed by atoms with E-state index >= 15 is 0 Å². The Bertz CT molecular complexity index is 4140. The van der Waals surface area contributed by atoms with Crippen molar-refractivity contribution in [2.75, 3.05) is 0 Å². The molecular formula is C75H75N5. The highest BCUT2D eigenvalue weighted by atomic mass is 14.7. The summed E-state index contributed by atoms with van der Waals surface area (Å²) in [5.74, 6) is 0. The average molecular weight is 1050 g/mol. The number of rotatable bonds is 0. The lowest BCUT2D eigenvalue weighted by atomic mass is 9.98. The van der Waals surface area contributed by atoms with E-state index in [1.54, 1.807) is 0 Å². The van der Waals surface area contributed by atoms with E-state index in [1.807, 2.05) is 0 Å². The molecule has 0 aliphatic heterocycles. The molecule has 0 radical (unpaired) electrons. The third kappa shape index (κ3) is 10.1. The van der Waals surface area contributed by atoms with Crippen molar-refractivity contribution >= 4 is 0 Å². The molecule has 5 heterocycles. The number of nitrogens with zero attached hydrogens (tertiary/aromatic N) is 5. The summed E-state index contributed by atoms with van der Waals surface area (Å²) >= 11 is 0. The molecule has 0 bridgehead atoms. The first kappa shape index (κ1) is 53.8. The number of pyridine rings is 5. The summed E-state index contributed by atoms with van der Waals surface area (Å²) in [5.41, 5.74) is 46.1. The van der Waals surface area contributed by atoms with Gasteiger partial charge in [-0.1, -0.05) is 108 Å². The fraction of sp³-hybridized carbons (Fsp3) is 0.267. The van der Waals surface area contributed by atoms with Gasteiger partial charge in [-0.25, -0.2) is 0 Å². The molecule has 0 N–H and O–H groups in total. The van der Waals surface area contributed by atoms with Gasteiger partial charge in [-0.05, 0) is 228 Å². The van der Waals surface area contributed by atoms with E-state index in [0.29, 0.717) is 0 Å². The van der Waals surface area contributed by atoms with Gasteiger partial charge in [0.15, 0.2) is 0 Å². The normalized spacial score (nSPS) is 12.4. The van der Waals surface area contributed by atoms with Crippen LogP contribution in [-0.2, 0) is 32.1 Å². The van der Waals surface area contributed by atoms with Gasteiger partial charge >= 0.3 is 0 Å². The van der Waals surface area contributed by atoms with Crippen LogP contribution in [0.3, 0.4) is 0 Å². The highest BCUT2D eigenvalue weighted by Gasteiger charge is 2.26. The second-order valence-corrected chi connectivity index (χ2v) is 23.4. The van der Waals surface area contributed by atoms with E-state index < -0.39 is 0 Å². The SMILES string of the molecule is Cc1cc2c(nc1C)Cc1c(C)cccc1-2.Cc1cc2c(nc1C)Cc1cccc(C)c1-2.Cc1ccc2c(c1)-c1cc(C)c(C)nc1C2.Cc1ccc2c(c1)Cc1nc(C)c(C)cc1-2.Cc1nc2c(c(C)c1C)-c1ccccc1C2. The quantitative estimate of drug-likeness (QED) is 0.151. The zero-order chi connectivity index (χ0) is 56.4. The summed E-state index contributed by atoms with van der Waals surface area (Å²) in [6, 6.07) is 44.2. The first-order valence-electron chi connectivity index (χ1n) is 28.6. The van der Waals surface area contributed by atoms with Crippen LogP contribution >= 0.6 is 0 Å². The minimum Gasteiger partial charge on any atom is -0.257 e. The number of fused-ring (bicyclic) bond motifs is 15. The molecule has 0 saturated heterocycles. The van der Waals surface area contributed by atoms with E-state index in [9.17, 15) is 0 Å². The molecule has 400 valence electrons. The molecule has 0 saturated carbocycles. The van der Waals surface area contributed by atoms with Crippen LogP contribution in [0.5, 0.6) is 0 Å². The van der Waals surface area contributed by atoms with Crippen molar-refractivity contribution in [3.05, 3.63) is 262 Å². The summed E-state index contributed by atoms with van der Waals surface area (Å²) in [5, 5.41) is 0. The minimum absolute atomic E-state index is 0.992. The number of aryl methyl sites for hydroxylation is 13. The second kappa shape index (κ2) is 21.5. The Kier molecular flexibility index (Phi) is 14.5. The Hall–Kier alpha value is -8.15. The van der Waals surface area contributed by atoms with Gasteiger partial charge in [-0.15, -0.1) is 0 Å². The van der Waals surface area contributed by atoms with E-state index in [2.05, 4.69) is 225 Å². The van der Waals surface area contributed by atoms with Crippen molar-refractivity contribution in [2.24, 2.45) is 0 Å². The van der Waals surface area contributed by atoms with Gasteiger partial charge in [0.05, 0.1) is 28.5 Å². The maximum absolute atomic E-state index is 4.73. The van der Waals surface area contributed by atoms with E-state index in [-0.39, 0.29) is 0 Å². The molecule has 5 aromatic carbocycles. The molecule has 80 heavy (non-hydrogen) atoms. The Morgan fingerprint density at radius 1 is 0.250 bits per heavy atom. The van der Waals surface area contributed by atoms with Crippen molar-refractivity contribution in [2.45, 2.75) is 136 Å². The summed E-state index contributed by atoms with van der Waals surface area (Å²) in [6.07, 6.45) is 4.97. The molecule has 10 aromatic rings. The predicted molar refractivity (Wildman–Crippen MR) is 333 cm³/mol. The Morgan fingerprint density at radius 2 is 0.700 bits per heavy atom. The molecule has 5 nitrogen and oxygen atoms in total. The molecule has 0 unspecified atom stereocenters. The molecule has 0 spiro atoms. The van der Waals surface area contributed by atoms with Gasteiger partial charge < -0.3 is 0 Å². The number of aromatic nitrogens is 5. The van der Waals surface area contributed by atoms with Crippen molar-refractivity contribution in [1.29, 1.82) is 0 Å². The third-order valence-corrected chi connectivity index (χ3v) is 17.7. The van der Waals surface area contributed by atoms with Gasteiger partial charge in [-0.3, -0.25) is 24.9 Å². The van der Waals surface area contributed by atoms with Gasteiger partial charge in [-0.2, -0.15) is 0 Å². The zero-order valence-electron chi connectivity index (χ0n) is 49.8. The van der Waals surface area contributed by atoms with Crippen LogP contribution in [0.25, 0.3) is 55.6 Å². The molecule has 5 aliphatic carbocycles. The molecule has 0 amide bonds. The van der Waals surface area contributed by atoms with Crippen molar-refractivity contribution < 1.29 is 0 Å². The molecule has 5 aliphatic rings. The largest absolute Gasteiger partial charge is 0.257 e. The highest BCUT2D eigenvalue weighted by molar-refractivity contribution is 5.81. The average Bonchev–Trinajstić information content (AvgIpc) is 4.45. The summed E-state index contributed by atoms with van der Waals surface area (Å²) < 4.78 is 0. The lowest BCUT2D eigenvalue weighted by Gasteiger charge is -2.10. The zero-order valence-corrected chi connectivity index (χ0v) is 49.8. The Balaban J connectivity index is 0.000000105. The first-order valence-corrected chi connectivity index (χ1v) is 28.6. The molecule has 0 fully saturated rings. The maximum Gasteiger partial charge on any atom is 0.0532 e. The Labute approximate surface area is 475 Å². The van der Waals surface area contributed by atoms with Gasteiger partial charge in [0, 0.05) is 88.4 Å². The lowest BCUT2D eigenvalue weighted by molar-refractivity contribution is 1.04. The standard InChI is InChI=1S/5C15H15N/c1-9-4-5-13-12(6-9)8-15-14(13)7-10(2)11(3)16-15;1-9-4-5-12-8-15-14(13(12)6-9)7-10(2)11(3)16-15;1-9-5-4-6-12-13(9)8-15-14(12)7-10(2)11(3)16-15;1-9-5-4-6-12-8-14-13(15(9)12)7-10(2)11(3)16-14;1-9-10(2)15-13-7-5-4-6-12(13)8-14(15)16-11(9)3/h5*4-7H,8H2,1-3H3. The maximum atomic E-state index is 4.73. The molecule has 0 atom stereocenters. The minimum atomic E-state index is 0.992. The van der Waals surface area contributed by atoms with E-state index in [0.717, 1.165) is 54.9 Å². The van der Waals surface area contributed by atoms with Crippen molar-refractivity contribution in [3.63, 3.8) is 0 Å². The van der Waals surface area contributed by atoms with Gasteiger partial charge in [0.1, 0.15) is 0 Å². The molecular weight excluding hydrogens is 971 g/mol.